The Morgan fingerprint density at radius 1 is 1.55 bits per heavy atom. The zero-order valence-corrected chi connectivity index (χ0v) is 12.1. The molecule has 0 aliphatic carbocycles. The van der Waals surface area contributed by atoms with Gasteiger partial charge in [0, 0.05) is 19.0 Å². The maximum absolute atomic E-state index is 14.5. The van der Waals surface area contributed by atoms with E-state index in [2.05, 4.69) is 10.3 Å². The molecule has 1 aromatic heterocycles. The van der Waals surface area contributed by atoms with Crippen LogP contribution in [-0.4, -0.2) is 48.6 Å². The molecular formula is C13H20FN3O3. The molecule has 7 heteroatoms. The number of nitrogens with zero attached hydrogens (tertiary/aromatic N) is 2. The van der Waals surface area contributed by atoms with Crippen LogP contribution in [0.4, 0.5) is 4.39 Å². The molecule has 1 saturated heterocycles. The lowest BCUT2D eigenvalue weighted by atomic mass is 10.1. The number of rotatable bonds is 4. The van der Waals surface area contributed by atoms with Crippen molar-refractivity contribution in [3.05, 3.63) is 27.9 Å². The third-order valence-electron chi connectivity index (χ3n) is 3.66. The lowest BCUT2D eigenvalue weighted by Gasteiger charge is -2.17. The Balaban J connectivity index is 2.34. The number of aromatic nitrogens is 2. The molecule has 1 aliphatic heterocycles. The van der Waals surface area contributed by atoms with Crippen LogP contribution in [0.3, 0.4) is 0 Å². The molecule has 0 radical (unpaired) electrons. The summed E-state index contributed by atoms with van der Waals surface area (Å²) in [5.41, 5.74) is 0.948. The van der Waals surface area contributed by atoms with E-state index >= 15 is 0 Å². The van der Waals surface area contributed by atoms with Gasteiger partial charge in [-0.05, 0) is 26.5 Å². The average molecular weight is 285 g/mol. The first kappa shape index (κ1) is 15.1. The van der Waals surface area contributed by atoms with E-state index in [1.807, 2.05) is 6.92 Å². The topological polar surface area (TPSA) is 65.4 Å². The minimum atomic E-state index is -1.35. The summed E-state index contributed by atoms with van der Waals surface area (Å²) in [6.07, 6.45) is -1.18. The van der Waals surface area contributed by atoms with Gasteiger partial charge in [0.15, 0.2) is 12.4 Å². The van der Waals surface area contributed by atoms with Crippen LogP contribution in [0.15, 0.2) is 11.0 Å². The Labute approximate surface area is 116 Å². The van der Waals surface area contributed by atoms with E-state index < -0.39 is 30.2 Å². The van der Waals surface area contributed by atoms with Crippen LogP contribution in [0.2, 0.25) is 0 Å². The second kappa shape index (κ2) is 5.99. The van der Waals surface area contributed by atoms with Crippen LogP contribution >= 0.6 is 0 Å². The third kappa shape index (κ3) is 2.61. The van der Waals surface area contributed by atoms with Gasteiger partial charge in [0.1, 0.15) is 6.10 Å². The van der Waals surface area contributed by atoms with Crippen molar-refractivity contribution >= 4 is 0 Å². The minimum absolute atomic E-state index is 0.259. The van der Waals surface area contributed by atoms with Gasteiger partial charge in [-0.15, -0.1) is 0 Å². The minimum Gasteiger partial charge on any atom is -0.382 e. The maximum Gasteiger partial charge on any atom is 0.350 e. The Morgan fingerprint density at radius 3 is 2.85 bits per heavy atom. The number of hydrogen-bond donors (Lipinski definition) is 1. The van der Waals surface area contributed by atoms with Crippen molar-refractivity contribution in [2.24, 2.45) is 0 Å². The lowest BCUT2D eigenvalue weighted by molar-refractivity contribution is -0.0480. The van der Waals surface area contributed by atoms with E-state index in [1.165, 1.54) is 11.7 Å². The monoisotopic (exact) mass is 285 g/mol. The van der Waals surface area contributed by atoms with Crippen LogP contribution < -0.4 is 11.0 Å². The Kier molecular flexibility index (Phi) is 4.52. The number of likely N-dealkylation sites (N-methyl/N-ethyl adjacent to an activating group) is 1. The summed E-state index contributed by atoms with van der Waals surface area (Å²) < 4.78 is 26.4. The molecule has 2 heterocycles. The summed E-state index contributed by atoms with van der Waals surface area (Å²) in [6, 6.07) is -0.520. The smallest absolute Gasteiger partial charge is 0.350 e. The summed E-state index contributed by atoms with van der Waals surface area (Å²) >= 11 is 0. The molecule has 6 nitrogen and oxygen atoms in total. The second-order valence-electron chi connectivity index (χ2n) is 4.98. The van der Waals surface area contributed by atoms with Gasteiger partial charge in [-0.1, -0.05) is 0 Å². The predicted octanol–water partition coefficient (Wildman–Crippen LogP) is 0.330. The van der Waals surface area contributed by atoms with Crippen molar-refractivity contribution in [2.45, 2.75) is 38.4 Å². The zero-order chi connectivity index (χ0) is 14.9. The molecular weight excluding hydrogens is 265 g/mol. The van der Waals surface area contributed by atoms with E-state index in [1.54, 1.807) is 20.2 Å². The molecule has 20 heavy (non-hydrogen) atoms. The lowest BCUT2D eigenvalue weighted by Crippen LogP contribution is -2.42. The van der Waals surface area contributed by atoms with Gasteiger partial charge in [0.25, 0.3) is 0 Å². The number of methoxy groups -OCH3 is 1. The summed E-state index contributed by atoms with van der Waals surface area (Å²) in [5.74, 6) is 0. The summed E-state index contributed by atoms with van der Waals surface area (Å²) in [4.78, 5) is 15.8. The highest BCUT2D eigenvalue weighted by molar-refractivity contribution is 5.13. The molecule has 0 saturated carbocycles. The van der Waals surface area contributed by atoms with Crippen LogP contribution in [0.25, 0.3) is 0 Å². The maximum atomic E-state index is 14.5. The number of hydrogen-bond acceptors (Lipinski definition) is 5. The van der Waals surface area contributed by atoms with Crippen LogP contribution in [0.5, 0.6) is 0 Å². The number of aryl methyl sites for hydroxylation is 2. The fourth-order valence-electron chi connectivity index (χ4n) is 2.42. The van der Waals surface area contributed by atoms with Gasteiger partial charge < -0.3 is 14.8 Å². The van der Waals surface area contributed by atoms with Gasteiger partial charge in [-0.25, -0.2) is 9.18 Å². The van der Waals surface area contributed by atoms with Gasteiger partial charge in [-0.2, -0.15) is 4.98 Å². The predicted molar refractivity (Wildman–Crippen MR) is 71.5 cm³/mol. The van der Waals surface area contributed by atoms with Crippen LogP contribution in [0, 0.1) is 13.8 Å². The third-order valence-corrected chi connectivity index (χ3v) is 3.66. The van der Waals surface area contributed by atoms with E-state index in [0.29, 0.717) is 5.69 Å². The highest BCUT2D eigenvalue weighted by Crippen LogP contribution is 2.31. The fourth-order valence-corrected chi connectivity index (χ4v) is 2.42. The quantitative estimate of drug-likeness (QED) is 0.863. The molecule has 1 aliphatic rings. The Hall–Kier alpha value is -1.31. The van der Waals surface area contributed by atoms with Crippen molar-refractivity contribution in [1.29, 1.82) is 0 Å². The van der Waals surface area contributed by atoms with Crippen molar-refractivity contribution in [1.82, 2.24) is 14.9 Å². The Morgan fingerprint density at radius 2 is 2.25 bits per heavy atom. The first-order valence-electron chi connectivity index (χ1n) is 6.51. The first-order valence-corrected chi connectivity index (χ1v) is 6.51. The molecule has 0 amide bonds. The van der Waals surface area contributed by atoms with Gasteiger partial charge in [0.2, 0.25) is 0 Å². The summed E-state index contributed by atoms with van der Waals surface area (Å²) in [6.45, 7) is 3.83. The Bertz CT molecular complexity index is 534. The zero-order valence-electron chi connectivity index (χ0n) is 12.1. The molecule has 0 bridgehead atoms. The molecule has 112 valence electrons. The average Bonchev–Trinajstić information content (AvgIpc) is 2.71. The first-order chi connectivity index (χ1) is 9.49. The standard InChI is InChI=1S/C13H20FN3O3/c1-7-5-17(13(18)16-8(7)2)12-10(14)11(15-3)9(20-12)6-19-4/h5,9-12,15H,6H2,1-4H3/t9-,10-,11-,12-/m1/s1. The van der Waals surface area contributed by atoms with Crippen LogP contribution in [-0.2, 0) is 9.47 Å². The highest BCUT2D eigenvalue weighted by atomic mass is 19.1. The molecule has 4 atom stereocenters. The second-order valence-corrected chi connectivity index (χ2v) is 4.98. The molecule has 0 aromatic carbocycles. The largest absolute Gasteiger partial charge is 0.382 e. The van der Waals surface area contributed by atoms with E-state index in [4.69, 9.17) is 9.47 Å². The normalized spacial score (nSPS) is 29.9. The number of nitrogens with one attached hydrogen (secondary N) is 1. The van der Waals surface area contributed by atoms with Gasteiger partial charge in [-0.3, -0.25) is 4.57 Å². The summed E-state index contributed by atoms with van der Waals surface area (Å²) in [5, 5.41) is 2.88. The molecule has 1 fully saturated rings. The number of ether oxygens (including phenoxy) is 2. The van der Waals surface area contributed by atoms with Crippen molar-refractivity contribution in [3.8, 4) is 0 Å². The molecule has 1 N–H and O–H groups in total. The van der Waals surface area contributed by atoms with Crippen molar-refractivity contribution in [2.75, 3.05) is 20.8 Å². The molecule has 1 aromatic rings. The van der Waals surface area contributed by atoms with Crippen molar-refractivity contribution < 1.29 is 13.9 Å². The van der Waals surface area contributed by atoms with E-state index in [9.17, 15) is 9.18 Å². The van der Waals surface area contributed by atoms with Crippen molar-refractivity contribution in [3.63, 3.8) is 0 Å². The molecule has 0 unspecified atom stereocenters. The summed E-state index contributed by atoms with van der Waals surface area (Å²) in [7, 11) is 3.19. The molecule has 2 rings (SSSR count). The highest BCUT2D eigenvalue weighted by Gasteiger charge is 2.45. The fraction of sp³-hybridized carbons (Fsp3) is 0.692. The van der Waals surface area contributed by atoms with E-state index in [-0.39, 0.29) is 6.61 Å². The SMILES string of the molecule is CN[C@H]1[C@@H](F)[C@H](n2cc(C)c(C)nc2=O)O[C@@H]1COC. The van der Waals surface area contributed by atoms with E-state index in [0.717, 1.165) is 5.56 Å². The van der Waals surface area contributed by atoms with Gasteiger partial charge in [0.05, 0.1) is 12.6 Å². The van der Waals surface area contributed by atoms with Crippen LogP contribution in [0.1, 0.15) is 17.5 Å². The number of halogens is 1. The number of alkyl halides is 1. The molecule has 0 spiro atoms. The van der Waals surface area contributed by atoms with Gasteiger partial charge >= 0.3 is 5.69 Å².